The Morgan fingerprint density at radius 3 is 2.56 bits per heavy atom. The minimum atomic E-state index is -0.357. The van der Waals surface area contributed by atoms with Crippen molar-refractivity contribution in [3.63, 3.8) is 0 Å². The van der Waals surface area contributed by atoms with E-state index in [1.165, 1.54) is 0 Å². The van der Waals surface area contributed by atoms with Gasteiger partial charge in [-0.05, 0) is 24.1 Å². The van der Waals surface area contributed by atoms with Crippen molar-refractivity contribution in [3.8, 4) is 0 Å². The van der Waals surface area contributed by atoms with Crippen LogP contribution < -0.4 is 11.3 Å². The van der Waals surface area contributed by atoms with Gasteiger partial charge in [0, 0.05) is 18.7 Å². The minimum absolute atomic E-state index is 0.0794. The molecule has 0 bridgehead atoms. The standard InChI is InChI=1S/C11H17BrN2O2/c1-15-11(16-2)10(14-13)7-8-4-3-5-9(12)6-8/h3-6,10-11,14H,7,13H2,1-2H3. The van der Waals surface area contributed by atoms with Crippen molar-refractivity contribution in [2.45, 2.75) is 18.8 Å². The van der Waals surface area contributed by atoms with E-state index in [9.17, 15) is 0 Å². The van der Waals surface area contributed by atoms with Crippen LogP contribution in [-0.2, 0) is 15.9 Å². The Hall–Kier alpha value is -0.460. The number of nitrogens with two attached hydrogens (primary N) is 1. The lowest BCUT2D eigenvalue weighted by molar-refractivity contribution is -0.122. The van der Waals surface area contributed by atoms with Crippen LogP contribution in [-0.4, -0.2) is 26.6 Å². The first-order chi connectivity index (χ1) is 7.71. The number of ether oxygens (including phenoxy) is 2. The number of halogens is 1. The predicted octanol–water partition coefficient (Wildman–Crippen LogP) is 1.44. The second-order valence-corrected chi connectivity index (χ2v) is 4.36. The van der Waals surface area contributed by atoms with Crippen molar-refractivity contribution in [2.24, 2.45) is 5.84 Å². The lowest BCUT2D eigenvalue weighted by Crippen LogP contribution is -2.47. The van der Waals surface area contributed by atoms with Crippen molar-refractivity contribution in [3.05, 3.63) is 34.3 Å². The smallest absolute Gasteiger partial charge is 0.173 e. The molecule has 0 spiro atoms. The maximum atomic E-state index is 5.49. The molecular weight excluding hydrogens is 272 g/mol. The SMILES string of the molecule is COC(OC)C(Cc1cccc(Br)c1)NN. The number of hydrogen-bond acceptors (Lipinski definition) is 4. The molecule has 0 aromatic heterocycles. The lowest BCUT2D eigenvalue weighted by atomic mass is 10.1. The summed E-state index contributed by atoms with van der Waals surface area (Å²) in [4.78, 5) is 0. The summed E-state index contributed by atoms with van der Waals surface area (Å²) in [5, 5.41) is 0. The van der Waals surface area contributed by atoms with Crippen molar-refractivity contribution in [2.75, 3.05) is 14.2 Å². The van der Waals surface area contributed by atoms with E-state index in [1.807, 2.05) is 24.3 Å². The molecule has 1 aromatic rings. The Labute approximate surface area is 104 Å². The van der Waals surface area contributed by atoms with Gasteiger partial charge in [0.25, 0.3) is 0 Å². The molecule has 1 rings (SSSR count). The number of rotatable bonds is 6. The van der Waals surface area contributed by atoms with E-state index in [4.69, 9.17) is 15.3 Å². The van der Waals surface area contributed by atoms with Crippen molar-refractivity contribution in [1.82, 2.24) is 5.43 Å². The quantitative estimate of drug-likeness (QED) is 0.473. The molecule has 16 heavy (non-hydrogen) atoms. The van der Waals surface area contributed by atoms with Gasteiger partial charge in [-0.2, -0.15) is 0 Å². The van der Waals surface area contributed by atoms with E-state index in [1.54, 1.807) is 14.2 Å². The molecule has 1 unspecified atom stereocenters. The molecule has 0 radical (unpaired) electrons. The summed E-state index contributed by atoms with van der Waals surface area (Å²) < 4.78 is 11.4. The topological polar surface area (TPSA) is 56.5 Å². The van der Waals surface area contributed by atoms with Crippen LogP contribution in [0.1, 0.15) is 5.56 Å². The van der Waals surface area contributed by atoms with E-state index in [-0.39, 0.29) is 12.3 Å². The van der Waals surface area contributed by atoms with E-state index in [0.29, 0.717) is 0 Å². The molecule has 3 N–H and O–H groups in total. The zero-order valence-corrected chi connectivity index (χ0v) is 11.0. The van der Waals surface area contributed by atoms with Crippen LogP contribution in [0.5, 0.6) is 0 Å². The Bertz CT molecular complexity index is 319. The molecule has 90 valence electrons. The second kappa shape index (κ2) is 6.98. The average Bonchev–Trinajstić information content (AvgIpc) is 2.29. The van der Waals surface area contributed by atoms with E-state index < -0.39 is 0 Å². The maximum Gasteiger partial charge on any atom is 0.173 e. The number of benzene rings is 1. The van der Waals surface area contributed by atoms with Gasteiger partial charge >= 0.3 is 0 Å². The van der Waals surface area contributed by atoms with Gasteiger partial charge in [0.05, 0.1) is 6.04 Å². The lowest BCUT2D eigenvalue weighted by Gasteiger charge is -2.24. The molecule has 1 aromatic carbocycles. The highest BCUT2D eigenvalue weighted by Gasteiger charge is 2.19. The zero-order valence-electron chi connectivity index (χ0n) is 9.44. The van der Waals surface area contributed by atoms with Crippen molar-refractivity contribution < 1.29 is 9.47 Å². The Morgan fingerprint density at radius 1 is 1.38 bits per heavy atom. The third-order valence-electron chi connectivity index (χ3n) is 2.35. The van der Waals surface area contributed by atoms with Gasteiger partial charge in [0.15, 0.2) is 6.29 Å². The highest BCUT2D eigenvalue weighted by atomic mass is 79.9. The monoisotopic (exact) mass is 288 g/mol. The predicted molar refractivity (Wildman–Crippen MR) is 66.8 cm³/mol. The first-order valence-electron chi connectivity index (χ1n) is 4.97. The molecule has 0 saturated carbocycles. The molecule has 0 amide bonds. The molecule has 0 aliphatic carbocycles. The summed E-state index contributed by atoms with van der Waals surface area (Å²) in [5.41, 5.74) is 3.87. The molecule has 0 heterocycles. The van der Waals surface area contributed by atoms with Crippen LogP contribution >= 0.6 is 15.9 Å². The zero-order chi connectivity index (χ0) is 12.0. The first-order valence-corrected chi connectivity index (χ1v) is 5.76. The summed E-state index contributed by atoms with van der Waals surface area (Å²) in [7, 11) is 3.19. The fourth-order valence-electron chi connectivity index (χ4n) is 1.58. The largest absolute Gasteiger partial charge is 0.354 e. The van der Waals surface area contributed by atoms with Crippen LogP contribution in [0.2, 0.25) is 0 Å². The average molecular weight is 289 g/mol. The van der Waals surface area contributed by atoms with Gasteiger partial charge in [0.1, 0.15) is 0 Å². The fourth-order valence-corrected chi connectivity index (χ4v) is 2.02. The van der Waals surface area contributed by atoms with Gasteiger partial charge in [-0.3, -0.25) is 11.3 Å². The normalized spacial score (nSPS) is 13.1. The van der Waals surface area contributed by atoms with Crippen molar-refractivity contribution >= 4 is 15.9 Å². The van der Waals surface area contributed by atoms with E-state index in [2.05, 4.69) is 21.4 Å². The molecule has 1 atom stereocenters. The van der Waals surface area contributed by atoms with Crippen LogP contribution in [0.15, 0.2) is 28.7 Å². The van der Waals surface area contributed by atoms with Crippen molar-refractivity contribution in [1.29, 1.82) is 0 Å². The summed E-state index contributed by atoms with van der Waals surface area (Å²) in [6.45, 7) is 0. The third-order valence-corrected chi connectivity index (χ3v) is 2.85. The number of hydrogen-bond donors (Lipinski definition) is 2. The summed E-state index contributed by atoms with van der Waals surface area (Å²) in [6, 6.07) is 7.98. The van der Waals surface area contributed by atoms with Crippen LogP contribution in [0.4, 0.5) is 0 Å². The number of hydrazine groups is 1. The van der Waals surface area contributed by atoms with E-state index in [0.717, 1.165) is 16.5 Å². The Balaban J connectivity index is 2.69. The number of nitrogens with one attached hydrogen (secondary N) is 1. The highest BCUT2D eigenvalue weighted by Crippen LogP contribution is 2.14. The summed E-state index contributed by atoms with van der Waals surface area (Å²) >= 11 is 3.43. The fraction of sp³-hybridized carbons (Fsp3) is 0.455. The first kappa shape index (κ1) is 13.6. The molecular formula is C11H17BrN2O2. The van der Waals surface area contributed by atoms with Gasteiger partial charge in [0.2, 0.25) is 0 Å². The highest BCUT2D eigenvalue weighted by molar-refractivity contribution is 9.10. The minimum Gasteiger partial charge on any atom is -0.354 e. The van der Waals surface area contributed by atoms with Crippen LogP contribution in [0.3, 0.4) is 0 Å². The third kappa shape index (κ3) is 3.84. The Morgan fingerprint density at radius 2 is 2.06 bits per heavy atom. The van der Waals surface area contributed by atoms with Gasteiger partial charge in [-0.25, -0.2) is 0 Å². The van der Waals surface area contributed by atoms with Gasteiger partial charge < -0.3 is 9.47 Å². The van der Waals surface area contributed by atoms with Crippen LogP contribution in [0.25, 0.3) is 0 Å². The summed E-state index contributed by atoms with van der Waals surface area (Å²) in [6.07, 6.45) is 0.381. The summed E-state index contributed by atoms with van der Waals surface area (Å²) in [5.74, 6) is 5.49. The van der Waals surface area contributed by atoms with Crippen LogP contribution in [0, 0.1) is 0 Å². The molecule has 5 heteroatoms. The van der Waals surface area contributed by atoms with Gasteiger partial charge in [-0.1, -0.05) is 28.1 Å². The molecule has 0 aliphatic rings. The molecule has 4 nitrogen and oxygen atoms in total. The Kier molecular flexibility index (Phi) is 5.94. The van der Waals surface area contributed by atoms with Gasteiger partial charge in [-0.15, -0.1) is 0 Å². The maximum absolute atomic E-state index is 5.49. The molecule has 0 aliphatic heterocycles. The number of methoxy groups -OCH3 is 2. The molecule has 0 saturated heterocycles. The van der Waals surface area contributed by atoms with E-state index >= 15 is 0 Å². The molecule has 0 fully saturated rings. The second-order valence-electron chi connectivity index (χ2n) is 3.45.